The molecule has 1 aromatic carbocycles. The number of halogens is 1. The Hall–Kier alpha value is -0.580. The highest BCUT2D eigenvalue weighted by Gasteiger charge is 2.32. The second-order valence-electron chi connectivity index (χ2n) is 5.28. The Balaban J connectivity index is 1.98. The molecule has 0 aromatic heterocycles. The van der Waals surface area contributed by atoms with Crippen molar-refractivity contribution in [1.82, 2.24) is 0 Å². The van der Waals surface area contributed by atoms with Gasteiger partial charge in [0.15, 0.2) is 0 Å². The van der Waals surface area contributed by atoms with Gasteiger partial charge in [-0.2, -0.15) is 0 Å². The molecule has 0 amide bonds. The van der Waals surface area contributed by atoms with E-state index in [9.17, 15) is 0 Å². The zero-order valence-corrected chi connectivity index (χ0v) is 12.5. The molecule has 2 rings (SSSR count). The first-order valence-corrected chi connectivity index (χ1v) is 7.09. The first kappa shape index (κ1) is 13.8. The Labute approximate surface area is 117 Å². The second kappa shape index (κ2) is 5.59. The predicted octanol–water partition coefficient (Wildman–Crippen LogP) is 3.24. The average molecular weight is 314 g/mol. The van der Waals surface area contributed by atoms with E-state index >= 15 is 0 Å². The summed E-state index contributed by atoms with van der Waals surface area (Å²) in [5, 5.41) is 0. The van der Waals surface area contributed by atoms with E-state index in [-0.39, 0.29) is 11.7 Å². The smallest absolute Gasteiger partial charge is 0.138 e. The van der Waals surface area contributed by atoms with Gasteiger partial charge < -0.3 is 15.2 Å². The molecular formula is C14H20BrNO2. The van der Waals surface area contributed by atoms with Crippen LogP contribution in [0.1, 0.15) is 32.3 Å². The zero-order chi connectivity index (χ0) is 13.2. The fourth-order valence-electron chi connectivity index (χ4n) is 2.25. The normalized spacial score (nSPS) is 22.1. The Kier molecular flexibility index (Phi) is 4.30. The molecule has 100 valence electrons. The molecule has 4 heteroatoms. The van der Waals surface area contributed by atoms with E-state index in [2.05, 4.69) is 29.8 Å². The van der Waals surface area contributed by atoms with Crippen LogP contribution in [0.5, 0.6) is 5.75 Å². The second-order valence-corrected chi connectivity index (χ2v) is 6.14. The van der Waals surface area contributed by atoms with E-state index in [1.165, 1.54) is 0 Å². The van der Waals surface area contributed by atoms with Crippen molar-refractivity contribution in [3.05, 3.63) is 28.2 Å². The largest absolute Gasteiger partial charge is 0.489 e. The van der Waals surface area contributed by atoms with Crippen LogP contribution < -0.4 is 10.5 Å². The molecule has 1 saturated heterocycles. The van der Waals surface area contributed by atoms with Crippen molar-refractivity contribution in [2.24, 2.45) is 5.73 Å². The molecule has 2 N–H and O–H groups in total. The SMILES string of the molecule is CC1(C)CCC(COc2c(Br)cccc2CN)O1. The lowest BCUT2D eigenvalue weighted by Crippen LogP contribution is -2.24. The maximum atomic E-state index is 5.91. The van der Waals surface area contributed by atoms with Gasteiger partial charge in [0.05, 0.1) is 16.2 Å². The van der Waals surface area contributed by atoms with Gasteiger partial charge in [-0.1, -0.05) is 12.1 Å². The Morgan fingerprint density at radius 1 is 1.50 bits per heavy atom. The molecule has 1 atom stereocenters. The number of benzene rings is 1. The fraction of sp³-hybridized carbons (Fsp3) is 0.571. The van der Waals surface area contributed by atoms with Gasteiger partial charge >= 0.3 is 0 Å². The third-order valence-corrected chi connectivity index (χ3v) is 3.86. The van der Waals surface area contributed by atoms with Crippen LogP contribution in [0.2, 0.25) is 0 Å². The van der Waals surface area contributed by atoms with Crippen LogP contribution in [0.25, 0.3) is 0 Å². The molecule has 1 heterocycles. The van der Waals surface area contributed by atoms with Crippen molar-refractivity contribution in [3.63, 3.8) is 0 Å². The fourth-order valence-corrected chi connectivity index (χ4v) is 2.77. The molecule has 1 aliphatic heterocycles. The van der Waals surface area contributed by atoms with Crippen molar-refractivity contribution in [2.45, 2.75) is 44.9 Å². The molecule has 1 aromatic rings. The van der Waals surface area contributed by atoms with Crippen molar-refractivity contribution >= 4 is 15.9 Å². The standard InChI is InChI=1S/C14H20BrNO2/c1-14(2)7-6-11(18-14)9-17-13-10(8-16)4-3-5-12(13)15/h3-5,11H,6-9,16H2,1-2H3. The van der Waals surface area contributed by atoms with Gasteiger partial charge in [-0.3, -0.25) is 0 Å². The summed E-state index contributed by atoms with van der Waals surface area (Å²) in [5.41, 5.74) is 6.71. The number of nitrogens with two attached hydrogens (primary N) is 1. The summed E-state index contributed by atoms with van der Waals surface area (Å²) in [6.45, 7) is 5.30. The number of rotatable bonds is 4. The molecule has 0 radical (unpaired) electrons. The number of hydrogen-bond donors (Lipinski definition) is 1. The minimum absolute atomic E-state index is 0.0152. The number of ether oxygens (including phenoxy) is 2. The zero-order valence-electron chi connectivity index (χ0n) is 10.9. The highest BCUT2D eigenvalue weighted by Crippen LogP contribution is 2.32. The summed E-state index contributed by atoms with van der Waals surface area (Å²) >= 11 is 3.50. The van der Waals surface area contributed by atoms with Crippen molar-refractivity contribution in [3.8, 4) is 5.75 Å². The topological polar surface area (TPSA) is 44.5 Å². The lowest BCUT2D eigenvalue weighted by molar-refractivity contribution is -0.0328. The number of hydrogen-bond acceptors (Lipinski definition) is 3. The van der Waals surface area contributed by atoms with E-state index in [4.69, 9.17) is 15.2 Å². The molecule has 0 bridgehead atoms. The average Bonchev–Trinajstić information content (AvgIpc) is 2.67. The van der Waals surface area contributed by atoms with Gasteiger partial charge in [-0.05, 0) is 48.7 Å². The maximum absolute atomic E-state index is 5.91. The monoisotopic (exact) mass is 313 g/mol. The van der Waals surface area contributed by atoms with Crippen molar-refractivity contribution in [2.75, 3.05) is 6.61 Å². The molecular weight excluding hydrogens is 294 g/mol. The van der Waals surface area contributed by atoms with Gasteiger partial charge in [-0.15, -0.1) is 0 Å². The van der Waals surface area contributed by atoms with Crippen LogP contribution >= 0.6 is 15.9 Å². The van der Waals surface area contributed by atoms with E-state index in [0.29, 0.717) is 13.2 Å². The summed E-state index contributed by atoms with van der Waals surface area (Å²) < 4.78 is 12.7. The van der Waals surface area contributed by atoms with E-state index in [1.807, 2.05) is 18.2 Å². The summed E-state index contributed by atoms with van der Waals surface area (Å²) in [6, 6.07) is 5.92. The van der Waals surface area contributed by atoms with Crippen LogP contribution in [0.3, 0.4) is 0 Å². The van der Waals surface area contributed by atoms with E-state index in [0.717, 1.165) is 28.6 Å². The predicted molar refractivity (Wildman–Crippen MR) is 75.7 cm³/mol. The van der Waals surface area contributed by atoms with Crippen LogP contribution in [0, 0.1) is 0 Å². The summed E-state index contributed by atoms with van der Waals surface area (Å²) in [4.78, 5) is 0. The van der Waals surface area contributed by atoms with Crippen LogP contribution in [-0.4, -0.2) is 18.3 Å². The third-order valence-electron chi connectivity index (χ3n) is 3.24. The first-order chi connectivity index (χ1) is 8.52. The molecule has 1 unspecified atom stereocenters. The minimum atomic E-state index is -0.0152. The van der Waals surface area contributed by atoms with Crippen molar-refractivity contribution in [1.29, 1.82) is 0 Å². The molecule has 0 spiro atoms. The van der Waals surface area contributed by atoms with Gasteiger partial charge in [0.25, 0.3) is 0 Å². The highest BCUT2D eigenvalue weighted by molar-refractivity contribution is 9.10. The molecule has 0 saturated carbocycles. The van der Waals surface area contributed by atoms with E-state index < -0.39 is 0 Å². The molecule has 1 aliphatic rings. The lowest BCUT2D eigenvalue weighted by Gasteiger charge is -2.20. The van der Waals surface area contributed by atoms with Gasteiger partial charge in [-0.25, -0.2) is 0 Å². The quantitative estimate of drug-likeness (QED) is 0.928. The van der Waals surface area contributed by atoms with Gasteiger partial charge in [0.2, 0.25) is 0 Å². The molecule has 18 heavy (non-hydrogen) atoms. The van der Waals surface area contributed by atoms with Crippen LogP contribution in [-0.2, 0) is 11.3 Å². The Bertz CT molecular complexity index is 420. The van der Waals surface area contributed by atoms with Crippen LogP contribution in [0.15, 0.2) is 22.7 Å². The number of para-hydroxylation sites is 1. The first-order valence-electron chi connectivity index (χ1n) is 6.30. The molecule has 1 fully saturated rings. The highest BCUT2D eigenvalue weighted by atomic mass is 79.9. The Morgan fingerprint density at radius 3 is 2.89 bits per heavy atom. The molecule has 0 aliphatic carbocycles. The molecule has 3 nitrogen and oxygen atoms in total. The minimum Gasteiger partial charge on any atom is -0.489 e. The summed E-state index contributed by atoms with van der Waals surface area (Å²) in [6.07, 6.45) is 2.31. The van der Waals surface area contributed by atoms with Crippen molar-refractivity contribution < 1.29 is 9.47 Å². The summed E-state index contributed by atoms with van der Waals surface area (Å²) in [5.74, 6) is 0.841. The van der Waals surface area contributed by atoms with Gasteiger partial charge in [0, 0.05) is 12.1 Å². The lowest BCUT2D eigenvalue weighted by atomic mass is 10.1. The third kappa shape index (κ3) is 3.25. The Morgan fingerprint density at radius 2 is 2.28 bits per heavy atom. The maximum Gasteiger partial charge on any atom is 0.138 e. The summed E-state index contributed by atoms with van der Waals surface area (Å²) in [7, 11) is 0. The van der Waals surface area contributed by atoms with Gasteiger partial charge in [0.1, 0.15) is 12.4 Å². The van der Waals surface area contributed by atoms with E-state index in [1.54, 1.807) is 0 Å². The van der Waals surface area contributed by atoms with Crippen LogP contribution in [0.4, 0.5) is 0 Å².